The Hall–Kier alpha value is -2.24. The van der Waals surface area contributed by atoms with Crippen molar-refractivity contribution in [1.29, 1.82) is 0 Å². The minimum atomic E-state index is -0.339. The van der Waals surface area contributed by atoms with Crippen LogP contribution in [-0.4, -0.2) is 60.5 Å². The van der Waals surface area contributed by atoms with Gasteiger partial charge in [0, 0.05) is 45.0 Å². The Morgan fingerprint density at radius 1 is 1.16 bits per heavy atom. The van der Waals surface area contributed by atoms with E-state index in [1.54, 1.807) is 4.90 Å². The molecule has 1 aromatic carbocycles. The van der Waals surface area contributed by atoms with Crippen molar-refractivity contribution in [2.75, 3.05) is 31.6 Å². The smallest absolute Gasteiger partial charge is 0.318 e. The Kier molecular flexibility index (Phi) is 5.16. The molecule has 0 aliphatic carbocycles. The molecule has 6 heteroatoms. The third-order valence-electron chi connectivity index (χ3n) is 4.99. The van der Waals surface area contributed by atoms with Gasteiger partial charge in [-0.2, -0.15) is 0 Å². The van der Waals surface area contributed by atoms with Crippen LogP contribution in [0.15, 0.2) is 24.3 Å². The SMILES string of the molecule is CC(C)NC(=O)N1CCC[C@H]1C(=O)N1CCN(C)c2ccccc2C1. The van der Waals surface area contributed by atoms with Crippen LogP contribution in [0.2, 0.25) is 0 Å². The minimum absolute atomic E-state index is 0.0708. The fourth-order valence-corrected chi connectivity index (χ4v) is 3.69. The van der Waals surface area contributed by atoms with Crippen LogP contribution in [0.4, 0.5) is 10.5 Å². The van der Waals surface area contributed by atoms with Crippen molar-refractivity contribution in [3.8, 4) is 0 Å². The van der Waals surface area contributed by atoms with E-state index in [0.717, 1.165) is 24.9 Å². The standard InChI is InChI=1S/C19H28N4O2/c1-14(2)20-19(25)23-10-6-9-17(23)18(24)22-12-11-21(3)16-8-5-4-7-15(16)13-22/h4-5,7-8,14,17H,6,9-13H2,1-3H3,(H,20,25)/t17-/m0/s1. The predicted molar refractivity (Wildman–Crippen MR) is 98.5 cm³/mol. The molecule has 0 spiro atoms. The summed E-state index contributed by atoms with van der Waals surface area (Å²) in [5.41, 5.74) is 2.34. The Bertz CT molecular complexity index is 646. The molecule has 2 heterocycles. The summed E-state index contributed by atoms with van der Waals surface area (Å²) in [6.45, 7) is 6.61. The van der Waals surface area contributed by atoms with Crippen LogP contribution in [0.3, 0.4) is 0 Å². The molecule has 0 aromatic heterocycles. The van der Waals surface area contributed by atoms with Gasteiger partial charge in [0.15, 0.2) is 0 Å². The van der Waals surface area contributed by atoms with Gasteiger partial charge in [0.25, 0.3) is 0 Å². The van der Waals surface area contributed by atoms with Crippen molar-refractivity contribution in [2.24, 2.45) is 0 Å². The number of amides is 3. The van der Waals surface area contributed by atoms with Crippen molar-refractivity contribution in [3.63, 3.8) is 0 Å². The average Bonchev–Trinajstić information content (AvgIpc) is 3.00. The van der Waals surface area contributed by atoms with Crippen LogP contribution >= 0.6 is 0 Å². The lowest BCUT2D eigenvalue weighted by atomic mass is 10.1. The van der Waals surface area contributed by atoms with E-state index >= 15 is 0 Å². The van der Waals surface area contributed by atoms with Gasteiger partial charge in [-0.3, -0.25) is 4.79 Å². The highest BCUT2D eigenvalue weighted by Gasteiger charge is 2.37. The first kappa shape index (κ1) is 17.6. The fourth-order valence-electron chi connectivity index (χ4n) is 3.69. The molecule has 1 aromatic rings. The lowest BCUT2D eigenvalue weighted by Gasteiger charge is -2.30. The van der Waals surface area contributed by atoms with Gasteiger partial charge in [-0.15, -0.1) is 0 Å². The van der Waals surface area contributed by atoms with Gasteiger partial charge in [0.05, 0.1) is 0 Å². The first-order valence-corrected chi connectivity index (χ1v) is 9.12. The number of likely N-dealkylation sites (tertiary alicyclic amines) is 1. The Labute approximate surface area is 149 Å². The van der Waals surface area contributed by atoms with E-state index in [2.05, 4.69) is 29.4 Å². The molecule has 2 aliphatic heterocycles. The molecule has 1 atom stereocenters. The maximum atomic E-state index is 13.2. The second kappa shape index (κ2) is 7.33. The molecule has 136 valence electrons. The second-order valence-corrected chi connectivity index (χ2v) is 7.27. The third-order valence-corrected chi connectivity index (χ3v) is 4.99. The van der Waals surface area contributed by atoms with Gasteiger partial charge in [0.1, 0.15) is 6.04 Å². The number of rotatable bonds is 2. The zero-order valence-corrected chi connectivity index (χ0v) is 15.4. The zero-order chi connectivity index (χ0) is 18.0. The van der Waals surface area contributed by atoms with E-state index in [9.17, 15) is 9.59 Å². The maximum absolute atomic E-state index is 13.2. The molecule has 6 nitrogen and oxygen atoms in total. The summed E-state index contributed by atoms with van der Waals surface area (Å²) in [4.78, 5) is 31.4. The molecule has 3 rings (SSSR count). The van der Waals surface area contributed by atoms with Gasteiger partial charge in [-0.25, -0.2) is 4.79 Å². The van der Waals surface area contributed by atoms with Crippen LogP contribution in [0.5, 0.6) is 0 Å². The number of anilines is 1. The number of fused-ring (bicyclic) bond motifs is 1. The van der Waals surface area contributed by atoms with Crippen molar-refractivity contribution in [1.82, 2.24) is 15.1 Å². The van der Waals surface area contributed by atoms with E-state index in [1.807, 2.05) is 30.9 Å². The molecule has 25 heavy (non-hydrogen) atoms. The Balaban J connectivity index is 1.75. The number of likely N-dealkylation sites (N-methyl/N-ethyl adjacent to an activating group) is 1. The van der Waals surface area contributed by atoms with Gasteiger partial charge in [-0.05, 0) is 38.3 Å². The van der Waals surface area contributed by atoms with Gasteiger partial charge < -0.3 is 20.0 Å². The number of hydrogen-bond donors (Lipinski definition) is 1. The van der Waals surface area contributed by atoms with Crippen molar-refractivity contribution >= 4 is 17.6 Å². The molecular formula is C19H28N4O2. The van der Waals surface area contributed by atoms with Crippen molar-refractivity contribution < 1.29 is 9.59 Å². The van der Waals surface area contributed by atoms with Gasteiger partial charge in [0.2, 0.25) is 5.91 Å². The van der Waals surface area contributed by atoms with Crippen LogP contribution in [0, 0.1) is 0 Å². The molecule has 2 aliphatic rings. The molecule has 0 bridgehead atoms. The highest BCUT2D eigenvalue weighted by Crippen LogP contribution is 2.26. The number of para-hydroxylation sites is 1. The summed E-state index contributed by atoms with van der Waals surface area (Å²) >= 11 is 0. The first-order valence-electron chi connectivity index (χ1n) is 9.12. The maximum Gasteiger partial charge on any atom is 0.318 e. The Morgan fingerprint density at radius 3 is 2.68 bits per heavy atom. The van der Waals surface area contributed by atoms with Crippen LogP contribution < -0.4 is 10.2 Å². The van der Waals surface area contributed by atoms with Crippen molar-refractivity contribution in [3.05, 3.63) is 29.8 Å². The predicted octanol–water partition coefficient (Wildman–Crippen LogP) is 2.05. The summed E-state index contributed by atoms with van der Waals surface area (Å²) in [7, 11) is 2.06. The summed E-state index contributed by atoms with van der Waals surface area (Å²) < 4.78 is 0. The number of benzene rings is 1. The normalized spacial score (nSPS) is 20.5. The monoisotopic (exact) mass is 344 g/mol. The first-order chi connectivity index (χ1) is 12.0. The molecule has 1 N–H and O–H groups in total. The van der Waals surface area contributed by atoms with Crippen LogP contribution in [0.25, 0.3) is 0 Å². The highest BCUT2D eigenvalue weighted by atomic mass is 16.2. The number of carbonyl (C=O) groups excluding carboxylic acids is 2. The number of urea groups is 1. The lowest BCUT2D eigenvalue weighted by Crippen LogP contribution is -2.52. The van der Waals surface area contributed by atoms with Crippen LogP contribution in [-0.2, 0) is 11.3 Å². The van der Waals surface area contributed by atoms with E-state index in [0.29, 0.717) is 19.6 Å². The molecule has 1 fully saturated rings. The Morgan fingerprint density at radius 2 is 1.92 bits per heavy atom. The summed E-state index contributed by atoms with van der Waals surface area (Å²) in [5.74, 6) is 0.0708. The average molecular weight is 344 g/mol. The molecule has 1 saturated heterocycles. The highest BCUT2D eigenvalue weighted by molar-refractivity contribution is 5.88. The number of nitrogens with zero attached hydrogens (tertiary/aromatic N) is 3. The molecule has 3 amide bonds. The van der Waals surface area contributed by atoms with Gasteiger partial charge >= 0.3 is 6.03 Å². The largest absolute Gasteiger partial charge is 0.373 e. The lowest BCUT2D eigenvalue weighted by molar-refractivity contribution is -0.135. The van der Waals surface area contributed by atoms with Crippen LogP contribution in [0.1, 0.15) is 32.3 Å². The topological polar surface area (TPSA) is 55.9 Å². The molecule has 0 saturated carbocycles. The van der Waals surface area contributed by atoms with E-state index in [1.165, 1.54) is 5.69 Å². The van der Waals surface area contributed by atoms with Crippen molar-refractivity contribution in [2.45, 2.75) is 45.3 Å². The summed E-state index contributed by atoms with van der Waals surface area (Å²) in [5, 5.41) is 2.92. The van der Waals surface area contributed by atoms with E-state index in [4.69, 9.17) is 0 Å². The molecule has 0 unspecified atom stereocenters. The number of nitrogens with one attached hydrogen (secondary N) is 1. The summed E-state index contributed by atoms with van der Waals surface area (Å²) in [6.07, 6.45) is 1.63. The van der Waals surface area contributed by atoms with E-state index < -0.39 is 0 Å². The minimum Gasteiger partial charge on any atom is -0.373 e. The molecular weight excluding hydrogens is 316 g/mol. The molecule has 0 radical (unpaired) electrons. The summed E-state index contributed by atoms with van der Waals surface area (Å²) in [6, 6.07) is 7.83. The third kappa shape index (κ3) is 3.72. The second-order valence-electron chi connectivity index (χ2n) is 7.27. The zero-order valence-electron chi connectivity index (χ0n) is 15.4. The fraction of sp³-hybridized carbons (Fsp3) is 0.579. The number of carbonyl (C=O) groups is 2. The quantitative estimate of drug-likeness (QED) is 0.893. The van der Waals surface area contributed by atoms with E-state index in [-0.39, 0.29) is 24.0 Å². The number of hydrogen-bond acceptors (Lipinski definition) is 3. The van der Waals surface area contributed by atoms with Gasteiger partial charge in [-0.1, -0.05) is 18.2 Å².